The molecule has 2 rings (SSSR count). The molecule has 0 aliphatic heterocycles. The molecule has 0 unspecified atom stereocenters. The van der Waals surface area contributed by atoms with Crippen LogP contribution in [0.2, 0.25) is 5.02 Å². The van der Waals surface area contributed by atoms with Crippen LogP contribution in [0.4, 0.5) is 5.69 Å². The van der Waals surface area contributed by atoms with E-state index in [0.29, 0.717) is 10.6 Å². The molecule has 0 saturated heterocycles. The monoisotopic (exact) mass is 366 g/mol. The highest BCUT2D eigenvalue weighted by Crippen LogP contribution is 2.35. The van der Waals surface area contributed by atoms with Crippen molar-refractivity contribution in [2.45, 2.75) is 6.92 Å². The molecule has 0 spiro atoms. The third kappa shape index (κ3) is 4.51. The van der Waals surface area contributed by atoms with Gasteiger partial charge in [0.2, 0.25) is 0 Å². The summed E-state index contributed by atoms with van der Waals surface area (Å²) < 4.78 is 5.44. The molecular weight excluding hydrogens is 356 g/mol. The van der Waals surface area contributed by atoms with Gasteiger partial charge in [0, 0.05) is 11.1 Å². The average molecular weight is 367 g/mol. The van der Waals surface area contributed by atoms with E-state index in [0.717, 1.165) is 6.21 Å². The highest BCUT2D eigenvalue weighted by atomic mass is 35.5. The van der Waals surface area contributed by atoms with Crippen molar-refractivity contribution in [1.29, 1.82) is 0 Å². The quantitative estimate of drug-likeness (QED) is 0.354. The molecule has 0 bridgehead atoms. The Morgan fingerprint density at radius 3 is 2.72 bits per heavy atom. The second-order valence-electron chi connectivity index (χ2n) is 4.68. The summed E-state index contributed by atoms with van der Waals surface area (Å²) in [5.41, 5.74) is 7.40. The Kier molecular flexibility index (Phi) is 5.29. The highest BCUT2D eigenvalue weighted by molar-refractivity contribution is 6.31. The van der Waals surface area contributed by atoms with Crippen LogP contribution in [0.15, 0.2) is 38.9 Å². The number of hydrogen-bond acceptors (Lipinski definition) is 7. The third-order valence-electron chi connectivity index (χ3n) is 2.92. The van der Waals surface area contributed by atoms with E-state index in [4.69, 9.17) is 21.8 Å². The fraction of sp³-hybridized carbons (Fsp3) is 0.0769. The molecule has 0 aliphatic carbocycles. The van der Waals surface area contributed by atoms with E-state index in [9.17, 15) is 20.2 Å². The van der Waals surface area contributed by atoms with Crippen LogP contribution in [0, 0.1) is 27.2 Å². The van der Waals surface area contributed by atoms with Gasteiger partial charge >= 0.3 is 0 Å². The van der Waals surface area contributed by atoms with Crippen molar-refractivity contribution < 1.29 is 14.4 Å². The topological polar surface area (TPSA) is 162 Å². The summed E-state index contributed by atoms with van der Waals surface area (Å²) in [6.07, 6.45) is 1.14. The third-order valence-corrected chi connectivity index (χ3v) is 3.33. The molecule has 11 nitrogen and oxygen atoms in total. The van der Waals surface area contributed by atoms with Gasteiger partial charge in [-0.1, -0.05) is 17.0 Å². The minimum absolute atomic E-state index is 0.155. The first-order chi connectivity index (χ1) is 11.8. The summed E-state index contributed by atoms with van der Waals surface area (Å²) in [5.74, 6) is -0.108. The number of nitrogens with zero attached hydrogens (tertiary/aromatic N) is 4. The molecule has 3 N–H and O–H groups in total. The Hall–Kier alpha value is -3.47. The molecule has 1 aromatic heterocycles. The molecule has 0 radical (unpaired) electrons. The smallest absolute Gasteiger partial charge is 0.280 e. The van der Waals surface area contributed by atoms with Crippen LogP contribution in [0.25, 0.3) is 11.3 Å². The summed E-state index contributed by atoms with van der Waals surface area (Å²) >= 11 is 6.02. The Bertz CT molecular complexity index is 891. The number of rotatable bonds is 5. The first-order valence-electron chi connectivity index (χ1n) is 6.60. The van der Waals surface area contributed by atoms with Gasteiger partial charge in [-0.25, -0.2) is 10.1 Å². The predicted octanol–water partition coefficient (Wildman–Crippen LogP) is 2.25. The second-order valence-corrected chi connectivity index (χ2v) is 5.08. The minimum atomic E-state index is -0.889. The minimum Gasteiger partial charge on any atom is -0.455 e. The lowest BCUT2D eigenvalue weighted by Crippen LogP contribution is -2.35. The predicted molar refractivity (Wildman–Crippen MR) is 89.9 cm³/mol. The van der Waals surface area contributed by atoms with Gasteiger partial charge in [0.25, 0.3) is 11.6 Å². The maximum atomic E-state index is 11.2. The van der Waals surface area contributed by atoms with Gasteiger partial charge in [0.1, 0.15) is 11.5 Å². The van der Waals surface area contributed by atoms with Crippen molar-refractivity contribution in [2.24, 2.45) is 15.9 Å². The molecule has 2 aromatic rings. The van der Waals surface area contributed by atoms with Gasteiger partial charge in [-0.15, -0.1) is 5.10 Å². The van der Waals surface area contributed by atoms with Crippen LogP contribution >= 0.6 is 11.6 Å². The number of hydrogen-bond donors (Lipinski definition) is 2. The van der Waals surface area contributed by atoms with Crippen molar-refractivity contribution in [2.75, 3.05) is 0 Å². The van der Waals surface area contributed by atoms with Gasteiger partial charge in [-0.2, -0.15) is 5.10 Å². The van der Waals surface area contributed by atoms with Crippen molar-refractivity contribution in [1.82, 2.24) is 5.43 Å². The van der Waals surface area contributed by atoms with E-state index >= 15 is 0 Å². The first-order valence-corrected chi connectivity index (χ1v) is 6.98. The normalized spacial score (nSPS) is 11.7. The fourth-order valence-corrected chi connectivity index (χ4v) is 2.01. The van der Waals surface area contributed by atoms with Crippen LogP contribution < -0.4 is 11.2 Å². The average Bonchev–Trinajstić information content (AvgIpc) is 2.97. The lowest BCUT2D eigenvalue weighted by molar-refractivity contribution is -0.525. The van der Waals surface area contributed by atoms with Crippen molar-refractivity contribution in [3.05, 3.63) is 60.8 Å². The number of nitrogens with one attached hydrogen (secondary N) is 1. The Morgan fingerprint density at radius 2 is 2.08 bits per heavy atom. The first kappa shape index (κ1) is 17.9. The zero-order valence-electron chi connectivity index (χ0n) is 12.7. The molecule has 0 fully saturated rings. The molecule has 25 heavy (non-hydrogen) atoms. The SMILES string of the molecule is Cc1cc([N+](=O)[O-])c(-c2ccc(/C=N\N=C(N)N[N+](=O)[O-])o2)cc1Cl. The summed E-state index contributed by atoms with van der Waals surface area (Å²) in [7, 11) is 0. The molecule has 130 valence electrons. The molecule has 1 aromatic carbocycles. The number of halogens is 1. The van der Waals surface area contributed by atoms with Gasteiger partial charge in [0.15, 0.2) is 5.03 Å². The van der Waals surface area contributed by atoms with E-state index < -0.39 is 15.9 Å². The molecule has 0 aliphatic rings. The maximum Gasteiger partial charge on any atom is 0.280 e. The summed E-state index contributed by atoms with van der Waals surface area (Å²) in [4.78, 5) is 20.8. The zero-order chi connectivity index (χ0) is 18.6. The number of nitrogens with two attached hydrogens (primary N) is 1. The van der Waals surface area contributed by atoms with E-state index in [2.05, 4.69) is 10.2 Å². The molecule has 1 heterocycles. The van der Waals surface area contributed by atoms with E-state index in [-0.39, 0.29) is 22.8 Å². The Balaban J connectivity index is 2.29. The molecule has 0 amide bonds. The van der Waals surface area contributed by atoms with Gasteiger partial charge in [0.05, 0.1) is 16.7 Å². The number of nitro groups is 2. The van der Waals surface area contributed by atoms with Gasteiger partial charge in [-0.05, 0) is 30.7 Å². The molecule has 0 saturated carbocycles. The van der Waals surface area contributed by atoms with E-state index in [1.165, 1.54) is 24.3 Å². The Labute approximate surface area is 145 Å². The van der Waals surface area contributed by atoms with E-state index in [1.807, 2.05) is 0 Å². The summed E-state index contributed by atoms with van der Waals surface area (Å²) in [6, 6.07) is 5.77. The van der Waals surface area contributed by atoms with Gasteiger partial charge in [-0.3, -0.25) is 10.1 Å². The number of nitro benzene ring substituents is 1. The summed E-state index contributed by atoms with van der Waals surface area (Å²) in [5, 5.41) is 27.7. The van der Waals surface area contributed by atoms with Crippen molar-refractivity contribution >= 4 is 29.5 Å². The number of guanidine groups is 1. The lowest BCUT2D eigenvalue weighted by atomic mass is 10.1. The van der Waals surface area contributed by atoms with Crippen LogP contribution in [-0.2, 0) is 0 Å². The molecule has 0 atom stereocenters. The fourth-order valence-electron chi connectivity index (χ4n) is 1.85. The summed E-state index contributed by atoms with van der Waals surface area (Å²) in [6.45, 7) is 1.65. The van der Waals surface area contributed by atoms with Crippen molar-refractivity contribution in [3.8, 4) is 11.3 Å². The number of furan rings is 1. The number of benzene rings is 1. The molecular formula is C13H11ClN6O5. The Morgan fingerprint density at radius 1 is 1.36 bits per heavy atom. The van der Waals surface area contributed by atoms with Crippen LogP contribution in [0.5, 0.6) is 0 Å². The van der Waals surface area contributed by atoms with E-state index in [1.54, 1.807) is 12.3 Å². The van der Waals surface area contributed by atoms with Crippen LogP contribution in [0.3, 0.4) is 0 Å². The highest BCUT2D eigenvalue weighted by Gasteiger charge is 2.20. The second kappa shape index (κ2) is 7.40. The van der Waals surface area contributed by atoms with Crippen molar-refractivity contribution in [3.63, 3.8) is 0 Å². The van der Waals surface area contributed by atoms with Crippen LogP contribution in [0.1, 0.15) is 11.3 Å². The number of aryl methyl sites for hydroxylation is 1. The van der Waals surface area contributed by atoms with Crippen LogP contribution in [-0.4, -0.2) is 22.1 Å². The number of hydrazine groups is 1. The lowest BCUT2D eigenvalue weighted by Gasteiger charge is -2.03. The largest absolute Gasteiger partial charge is 0.455 e. The standard InChI is InChI=1S/C13H11ClN6O5/c1-7-4-11(19(21)22)9(5-10(7)14)12-3-2-8(25-12)6-16-17-13(15)18-20(23)24/h2-6H,1H3,(H3,15,17,18)/b16-6-. The van der Waals surface area contributed by atoms with Gasteiger partial charge < -0.3 is 10.2 Å². The molecule has 12 heteroatoms. The zero-order valence-corrected chi connectivity index (χ0v) is 13.4. The maximum absolute atomic E-state index is 11.2.